The summed E-state index contributed by atoms with van der Waals surface area (Å²) in [7, 11) is 8.05. The van der Waals surface area contributed by atoms with E-state index in [4.69, 9.17) is 14.6 Å². The number of benzene rings is 2. The summed E-state index contributed by atoms with van der Waals surface area (Å²) in [4.78, 5) is 19.9. The Kier molecular flexibility index (Phi) is 7.58. The lowest BCUT2D eigenvalue weighted by Crippen LogP contribution is -2.39. The molecule has 1 aliphatic rings. The minimum Gasteiger partial charge on any atom is -0.495 e. The minimum absolute atomic E-state index is 0.123. The summed E-state index contributed by atoms with van der Waals surface area (Å²) in [6.45, 7) is 3.51. The number of carbonyl (C=O) groups is 1. The van der Waals surface area contributed by atoms with Crippen LogP contribution < -0.4 is 4.74 Å². The largest absolute Gasteiger partial charge is 0.495 e. The molecule has 37 heavy (non-hydrogen) atoms. The highest BCUT2D eigenvalue weighted by Crippen LogP contribution is 2.32. The molecule has 1 unspecified atom stereocenters. The van der Waals surface area contributed by atoms with Gasteiger partial charge in [-0.3, -0.25) is 14.5 Å². The summed E-state index contributed by atoms with van der Waals surface area (Å²) in [5.74, 6) is 1.37. The van der Waals surface area contributed by atoms with Crippen LogP contribution in [0.5, 0.6) is 5.75 Å². The number of hydrogen-bond acceptors (Lipinski definition) is 5. The Labute approximate surface area is 219 Å². The molecular formula is C28H34N5O3P. The maximum absolute atomic E-state index is 13.3. The third-order valence-electron chi connectivity index (χ3n) is 7.22. The van der Waals surface area contributed by atoms with Gasteiger partial charge in [-0.2, -0.15) is 5.10 Å². The smallest absolute Gasteiger partial charge is 0.256 e. The molecule has 194 valence electrons. The van der Waals surface area contributed by atoms with E-state index < -0.39 is 0 Å². The number of aromatic nitrogens is 3. The summed E-state index contributed by atoms with van der Waals surface area (Å²) in [6, 6.07) is 12.1. The van der Waals surface area contributed by atoms with Crippen LogP contribution in [-0.4, -0.2) is 71.1 Å². The molecule has 9 heteroatoms. The van der Waals surface area contributed by atoms with Gasteiger partial charge >= 0.3 is 0 Å². The van der Waals surface area contributed by atoms with E-state index in [-0.39, 0.29) is 5.91 Å². The lowest BCUT2D eigenvalue weighted by molar-refractivity contribution is 0.0683. The van der Waals surface area contributed by atoms with Gasteiger partial charge < -0.3 is 18.9 Å². The zero-order valence-electron chi connectivity index (χ0n) is 21.7. The number of likely N-dealkylation sites (tertiary alicyclic amines) is 1. The molecule has 0 bridgehead atoms. The van der Waals surface area contributed by atoms with Gasteiger partial charge in [-0.15, -0.1) is 0 Å². The van der Waals surface area contributed by atoms with Crippen LogP contribution in [0.15, 0.2) is 53.8 Å². The Morgan fingerprint density at radius 3 is 2.62 bits per heavy atom. The van der Waals surface area contributed by atoms with Crippen molar-refractivity contribution in [2.45, 2.75) is 19.4 Å². The van der Waals surface area contributed by atoms with Crippen molar-refractivity contribution in [3.05, 3.63) is 59.9 Å². The van der Waals surface area contributed by atoms with Crippen LogP contribution in [0.1, 0.15) is 28.8 Å². The number of carbonyl (C=O) groups excluding carboxylic acids is 1. The van der Waals surface area contributed by atoms with Crippen LogP contribution in [0.25, 0.3) is 21.8 Å². The molecule has 1 fully saturated rings. The van der Waals surface area contributed by atoms with Crippen LogP contribution in [0.4, 0.5) is 0 Å². The third kappa shape index (κ3) is 5.13. The number of amides is 1. The molecule has 0 aliphatic carbocycles. The summed E-state index contributed by atoms with van der Waals surface area (Å²) in [5, 5.41) is 6.81. The average molecular weight is 520 g/mol. The van der Waals surface area contributed by atoms with Gasteiger partial charge in [0.2, 0.25) is 0 Å². The molecule has 0 N–H and O–H groups in total. The Morgan fingerprint density at radius 1 is 1.08 bits per heavy atom. The third-order valence-corrected chi connectivity index (χ3v) is 7.71. The first-order valence-electron chi connectivity index (χ1n) is 12.7. The van der Waals surface area contributed by atoms with E-state index in [2.05, 4.69) is 26.5 Å². The van der Waals surface area contributed by atoms with Gasteiger partial charge in [0.1, 0.15) is 5.75 Å². The zero-order chi connectivity index (χ0) is 25.9. The number of piperidine rings is 1. The minimum atomic E-state index is 0.123. The standard InChI is InChI=1S/C28H34N5O3P/c1-31-17-22(20-6-4-5-7-25(20)31)28(34)32-13-10-19(11-14-32)16-33-18-23-24(30-33)9-8-21(26(23)36-3)27(37)29-12-15-35-2/h4-9,17-19H,10-16,37H2,1-3H3. The molecule has 5 rings (SSSR count). The van der Waals surface area contributed by atoms with Gasteiger partial charge in [0, 0.05) is 62.7 Å². The Hall–Kier alpha value is -3.22. The number of methoxy groups -OCH3 is 2. The Morgan fingerprint density at radius 2 is 1.86 bits per heavy atom. The first kappa shape index (κ1) is 25.4. The van der Waals surface area contributed by atoms with E-state index >= 15 is 0 Å². The van der Waals surface area contributed by atoms with E-state index in [9.17, 15) is 4.79 Å². The molecule has 1 amide bonds. The van der Waals surface area contributed by atoms with E-state index in [1.54, 1.807) is 14.2 Å². The predicted molar refractivity (Wildman–Crippen MR) is 151 cm³/mol. The maximum Gasteiger partial charge on any atom is 0.256 e. The SMILES string of the molecule is COCCN=C(P)c1ccc2nn(CC3CCN(C(=O)c4cn(C)c5ccccc45)CC3)cc2c1OC. The second kappa shape index (κ2) is 11.0. The second-order valence-corrected chi connectivity index (χ2v) is 10.1. The van der Waals surface area contributed by atoms with Crippen LogP contribution in [-0.2, 0) is 18.3 Å². The van der Waals surface area contributed by atoms with Crippen molar-refractivity contribution < 1.29 is 14.3 Å². The van der Waals surface area contributed by atoms with Gasteiger partial charge in [-0.05, 0) is 37.0 Å². The summed E-state index contributed by atoms with van der Waals surface area (Å²) >= 11 is 0. The first-order valence-corrected chi connectivity index (χ1v) is 13.2. The number of aliphatic imine (C=N–C) groups is 1. The highest BCUT2D eigenvalue weighted by Gasteiger charge is 2.26. The van der Waals surface area contributed by atoms with Crippen LogP contribution in [0.3, 0.4) is 0 Å². The molecule has 8 nitrogen and oxygen atoms in total. The number of ether oxygens (including phenoxy) is 2. The van der Waals surface area contributed by atoms with Crippen LogP contribution in [0.2, 0.25) is 0 Å². The molecular weight excluding hydrogens is 485 g/mol. The number of fused-ring (bicyclic) bond motifs is 2. The molecule has 0 spiro atoms. The van der Waals surface area contributed by atoms with E-state index in [0.717, 1.165) is 76.6 Å². The van der Waals surface area contributed by atoms with Crippen molar-refractivity contribution in [3.8, 4) is 5.75 Å². The van der Waals surface area contributed by atoms with Crippen molar-refractivity contribution >= 4 is 42.4 Å². The van der Waals surface area contributed by atoms with Crippen molar-refractivity contribution in [1.82, 2.24) is 19.2 Å². The van der Waals surface area contributed by atoms with Gasteiger partial charge in [-0.1, -0.05) is 27.4 Å². The Bertz CT molecular complexity index is 1450. The molecule has 3 heterocycles. The van der Waals surface area contributed by atoms with Gasteiger partial charge in [0.05, 0.1) is 42.2 Å². The number of rotatable bonds is 8. The highest BCUT2D eigenvalue weighted by molar-refractivity contribution is 7.42. The molecule has 1 atom stereocenters. The summed E-state index contributed by atoms with van der Waals surface area (Å²) in [5.41, 5.74) is 4.55. The van der Waals surface area contributed by atoms with Crippen molar-refractivity contribution in [3.63, 3.8) is 0 Å². The molecule has 1 aliphatic heterocycles. The van der Waals surface area contributed by atoms with Gasteiger partial charge in [0.25, 0.3) is 5.91 Å². The number of aryl methyl sites for hydroxylation is 1. The van der Waals surface area contributed by atoms with E-state index in [0.29, 0.717) is 19.1 Å². The lowest BCUT2D eigenvalue weighted by atomic mass is 9.96. The quantitative estimate of drug-likeness (QED) is 0.197. The number of para-hydroxylation sites is 1. The monoisotopic (exact) mass is 519 g/mol. The molecule has 2 aromatic heterocycles. The van der Waals surface area contributed by atoms with Gasteiger partial charge in [0.15, 0.2) is 0 Å². The Balaban J connectivity index is 1.26. The van der Waals surface area contributed by atoms with Crippen molar-refractivity contribution in [1.29, 1.82) is 0 Å². The highest BCUT2D eigenvalue weighted by atomic mass is 31.0. The molecule has 1 saturated heterocycles. The topological polar surface area (TPSA) is 73.9 Å². The molecule has 0 radical (unpaired) electrons. The zero-order valence-corrected chi connectivity index (χ0v) is 22.8. The fraction of sp³-hybridized carbons (Fsp3) is 0.393. The van der Waals surface area contributed by atoms with Crippen LogP contribution in [0, 0.1) is 5.92 Å². The summed E-state index contributed by atoms with van der Waals surface area (Å²) in [6.07, 6.45) is 5.94. The maximum atomic E-state index is 13.3. The number of nitrogens with zero attached hydrogens (tertiary/aromatic N) is 5. The normalized spacial score (nSPS) is 15.1. The predicted octanol–water partition coefficient (Wildman–Crippen LogP) is 4.36. The van der Waals surface area contributed by atoms with E-state index in [1.165, 1.54) is 0 Å². The van der Waals surface area contributed by atoms with E-state index in [1.807, 2.05) is 57.7 Å². The van der Waals surface area contributed by atoms with Gasteiger partial charge in [-0.25, -0.2) is 0 Å². The summed E-state index contributed by atoms with van der Waals surface area (Å²) < 4.78 is 14.9. The lowest BCUT2D eigenvalue weighted by Gasteiger charge is -2.32. The average Bonchev–Trinajstić information content (AvgIpc) is 3.48. The fourth-order valence-electron chi connectivity index (χ4n) is 5.24. The van der Waals surface area contributed by atoms with Crippen molar-refractivity contribution in [2.24, 2.45) is 18.0 Å². The molecule has 2 aromatic carbocycles. The first-order chi connectivity index (χ1) is 18.0. The molecule has 0 saturated carbocycles. The number of hydrogen-bond donors (Lipinski definition) is 0. The van der Waals surface area contributed by atoms with Crippen LogP contribution >= 0.6 is 9.24 Å². The molecule has 4 aromatic rings. The fourth-order valence-corrected chi connectivity index (χ4v) is 5.60. The van der Waals surface area contributed by atoms with Crippen molar-refractivity contribution in [2.75, 3.05) is 40.5 Å². The second-order valence-electron chi connectivity index (χ2n) is 9.60.